The number of nitrogens with one attached hydrogen (secondary N) is 2. The number of hydrogen-bond donors (Lipinski definition) is 2. The van der Waals surface area contributed by atoms with Gasteiger partial charge in [-0.1, -0.05) is 30.3 Å². The molecule has 1 heterocycles. The lowest BCUT2D eigenvalue weighted by Crippen LogP contribution is -2.42. The van der Waals surface area contributed by atoms with Crippen LogP contribution in [0.15, 0.2) is 30.3 Å². The zero-order chi connectivity index (χ0) is 11.1. The number of benzene rings is 1. The standard InChI is InChI=1S/C10H14N2O2S/c1-8-10(2,12-15(13,14)11-8)9-6-4-3-5-7-9/h3-8,11-12H,1-2H3/t8-,10-/m1/s1. The van der Waals surface area contributed by atoms with Gasteiger partial charge in [-0.05, 0) is 19.4 Å². The van der Waals surface area contributed by atoms with Gasteiger partial charge in [0, 0.05) is 6.04 Å². The summed E-state index contributed by atoms with van der Waals surface area (Å²) in [5, 5.41) is 0. The molecule has 1 fully saturated rings. The Bertz CT molecular complexity index is 458. The molecule has 5 heteroatoms. The van der Waals surface area contributed by atoms with Crippen LogP contribution in [0.2, 0.25) is 0 Å². The first-order chi connectivity index (χ1) is 6.94. The van der Waals surface area contributed by atoms with Crippen LogP contribution in [0.5, 0.6) is 0 Å². The van der Waals surface area contributed by atoms with Crippen molar-refractivity contribution >= 4 is 10.2 Å². The van der Waals surface area contributed by atoms with E-state index in [0.29, 0.717) is 0 Å². The molecule has 15 heavy (non-hydrogen) atoms. The topological polar surface area (TPSA) is 58.2 Å². The molecule has 1 aliphatic heterocycles. The van der Waals surface area contributed by atoms with Crippen LogP contribution in [0.25, 0.3) is 0 Å². The largest absolute Gasteiger partial charge is 0.278 e. The highest BCUT2D eigenvalue weighted by atomic mass is 32.2. The second kappa shape index (κ2) is 3.30. The van der Waals surface area contributed by atoms with Gasteiger partial charge in [-0.15, -0.1) is 0 Å². The van der Waals surface area contributed by atoms with Gasteiger partial charge in [0.2, 0.25) is 0 Å². The molecule has 1 aromatic rings. The molecule has 0 radical (unpaired) electrons. The maximum atomic E-state index is 11.4. The van der Waals surface area contributed by atoms with E-state index >= 15 is 0 Å². The van der Waals surface area contributed by atoms with Crippen LogP contribution in [-0.4, -0.2) is 14.5 Å². The highest BCUT2D eigenvalue weighted by Gasteiger charge is 2.44. The van der Waals surface area contributed by atoms with Crippen LogP contribution in [0.1, 0.15) is 19.4 Å². The first-order valence-corrected chi connectivity index (χ1v) is 6.29. The summed E-state index contributed by atoms with van der Waals surface area (Å²) in [4.78, 5) is 0. The van der Waals surface area contributed by atoms with Crippen molar-refractivity contribution in [1.29, 1.82) is 0 Å². The van der Waals surface area contributed by atoms with Gasteiger partial charge in [-0.3, -0.25) is 0 Å². The van der Waals surface area contributed by atoms with Gasteiger partial charge in [-0.2, -0.15) is 17.9 Å². The highest BCUT2D eigenvalue weighted by Crippen LogP contribution is 2.29. The molecule has 2 N–H and O–H groups in total. The summed E-state index contributed by atoms with van der Waals surface area (Å²) < 4.78 is 28.0. The molecule has 0 saturated carbocycles. The summed E-state index contributed by atoms with van der Waals surface area (Å²) >= 11 is 0. The lowest BCUT2D eigenvalue weighted by atomic mass is 9.87. The van der Waals surface area contributed by atoms with Crippen molar-refractivity contribution in [3.8, 4) is 0 Å². The molecule has 4 nitrogen and oxygen atoms in total. The van der Waals surface area contributed by atoms with Gasteiger partial charge in [0.15, 0.2) is 0 Å². The first kappa shape index (κ1) is 10.6. The number of rotatable bonds is 1. The maximum absolute atomic E-state index is 11.4. The van der Waals surface area contributed by atoms with Crippen LogP contribution in [0.3, 0.4) is 0 Å². The maximum Gasteiger partial charge on any atom is 0.278 e. The van der Waals surface area contributed by atoms with Crippen molar-refractivity contribution in [2.24, 2.45) is 0 Å². The average molecular weight is 226 g/mol. The predicted octanol–water partition coefficient (Wildman–Crippen LogP) is 0.728. The fraction of sp³-hybridized carbons (Fsp3) is 0.400. The summed E-state index contributed by atoms with van der Waals surface area (Å²) in [5.41, 5.74) is 0.395. The third-order valence-corrected chi connectivity index (χ3v) is 4.27. The average Bonchev–Trinajstić information content (AvgIpc) is 2.38. The molecule has 0 spiro atoms. The van der Waals surface area contributed by atoms with Crippen LogP contribution in [0.4, 0.5) is 0 Å². The van der Waals surface area contributed by atoms with E-state index in [9.17, 15) is 8.42 Å². The quantitative estimate of drug-likeness (QED) is 0.741. The third kappa shape index (κ3) is 1.78. The lowest BCUT2D eigenvalue weighted by molar-refractivity contribution is 0.391. The smallest absolute Gasteiger partial charge is 0.197 e. The van der Waals surface area contributed by atoms with Crippen molar-refractivity contribution in [3.63, 3.8) is 0 Å². The van der Waals surface area contributed by atoms with E-state index in [4.69, 9.17) is 0 Å². The minimum absolute atomic E-state index is 0.162. The number of hydrogen-bond acceptors (Lipinski definition) is 2. The Balaban J connectivity index is 2.45. The fourth-order valence-electron chi connectivity index (χ4n) is 1.84. The molecule has 1 saturated heterocycles. The van der Waals surface area contributed by atoms with E-state index < -0.39 is 15.7 Å². The Labute approximate surface area is 89.9 Å². The molecule has 0 unspecified atom stereocenters. The van der Waals surface area contributed by atoms with Crippen LogP contribution < -0.4 is 9.44 Å². The SMILES string of the molecule is C[C@H]1NS(=O)(=O)N[C@@]1(C)c1ccccc1. The van der Waals surface area contributed by atoms with Crippen molar-refractivity contribution < 1.29 is 8.42 Å². The van der Waals surface area contributed by atoms with Gasteiger partial charge in [-0.25, -0.2) is 0 Å². The van der Waals surface area contributed by atoms with E-state index in [1.54, 1.807) is 0 Å². The van der Waals surface area contributed by atoms with E-state index in [1.165, 1.54) is 0 Å². The van der Waals surface area contributed by atoms with Crippen molar-refractivity contribution in [2.45, 2.75) is 25.4 Å². The zero-order valence-electron chi connectivity index (χ0n) is 8.69. The lowest BCUT2D eigenvalue weighted by Gasteiger charge is -2.27. The molecule has 0 amide bonds. The molecule has 1 aromatic carbocycles. The second-order valence-electron chi connectivity index (χ2n) is 4.01. The van der Waals surface area contributed by atoms with Crippen molar-refractivity contribution in [1.82, 2.24) is 9.44 Å². The Hall–Kier alpha value is -0.910. The van der Waals surface area contributed by atoms with E-state index in [1.807, 2.05) is 44.2 Å². The molecule has 0 aliphatic carbocycles. The van der Waals surface area contributed by atoms with Gasteiger partial charge < -0.3 is 0 Å². The van der Waals surface area contributed by atoms with E-state index in [-0.39, 0.29) is 6.04 Å². The summed E-state index contributed by atoms with van der Waals surface area (Å²) in [6.45, 7) is 3.73. The molecule has 0 aromatic heterocycles. The van der Waals surface area contributed by atoms with E-state index in [0.717, 1.165) is 5.56 Å². The van der Waals surface area contributed by atoms with Crippen LogP contribution in [-0.2, 0) is 15.7 Å². The van der Waals surface area contributed by atoms with Gasteiger partial charge >= 0.3 is 0 Å². The van der Waals surface area contributed by atoms with Gasteiger partial charge in [0.05, 0.1) is 5.54 Å². The third-order valence-electron chi connectivity index (χ3n) is 2.92. The molecule has 2 atom stereocenters. The van der Waals surface area contributed by atoms with Gasteiger partial charge in [0.25, 0.3) is 10.2 Å². The molecule has 0 bridgehead atoms. The van der Waals surface area contributed by atoms with Gasteiger partial charge in [0.1, 0.15) is 0 Å². The Morgan fingerprint density at radius 1 is 1.27 bits per heavy atom. The normalized spacial score (nSPS) is 34.1. The second-order valence-corrected chi connectivity index (χ2v) is 5.46. The Kier molecular flexibility index (Phi) is 2.33. The zero-order valence-corrected chi connectivity index (χ0v) is 9.51. The minimum atomic E-state index is -3.35. The molecule has 82 valence electrons. The Morgan fingerprint density at radius 3 is 2.33 bits per heavy atom. The summed E-state index contributed by atoms with van der Waals surface area (Å²) in [7, 11) is -3.35. The highest BCUT2D eigenvalue weighted by molar-refractivity contribution is 7.87. The van der Waals surface area contributed by atoms with Crippen molar-refractivity contribution in [3.05, 3.63) is 35.9 Å². The monoisotopic (exact) mass is 226 g/mol. The fourth-order valence-corrected chi connectivity index (χ4v) is 3.45. The summed E-state index contributed by atoms with van der Waals surface area (Å²) in [5.74, 6) is 0. The summed E-state index contributed by atoms with van der Waals surface area (Å²) in [6.07, 6.45) is 0. The van der Waals surface area contributed by atoms with Crippen LogP contribution in [0, 0.1) is 0 Å². The molecular formula is C10H14N2O2S. The molecule has 2 rings (SSSR count). The van der Waals surface area contributed by atoms with E-state index in [2.05, 4.69) is 9.44 Å². The first-order valence-electron chi connectivity index (χ1n) is 4.81. The summed E-state index contributed by atoms with van der Waals surface area (Å²) in [6, 6.07) is 9.40. The minimum Gasteiger partial charge on any atom is -0.197 e. The predicted molar refractivity (Wildman–Crippen MR) is 58.4 cm³/mol. The van der Waals surface area contributed by atoms with Crippen molar-refractivity contribution in [2.75, 3.05) is 0 Å². The molecular weight excluding hydrogens is 212 g/mol. The Morgan fingerprint density at radius 2 is 1.87 bits per heavy atom. The van der Waals surface area contributed by atoms with Crippen LogP contribution >= 0.6 is 0 Å². The molecule has 1 aliphatic rings.